The van der Waals surface area contributed by atoms with Crippen molar-refractivity contribution in [2.75, 3.05) is 26.2 Å². The first-order valence-electron chi connectivity index (χ1n) is 7.38. The number of ether oxygens (including phenoxy) is 1. The van der Waals surface area contributed by atoms with Crippen molar-refractivity contribution in [3.05, 3.63) is 0 Å². The second-order valence-electron chi connectivity index (χ2n) is 5.62. The Bertz CT molecular complexity index is 379. The van der Waals surface area contributed by atoms with Crippen molar-refractivity contribution in [3.8, 4) is 0 Å². The van der Waals surface area contributed by atoms with E-state index in [-0.39, 0.29) is 11.4 Å². The van der Waals surface area contributed by atoms with Gasteiger partial charge in [0.15, 0.2) is 0 Å². The van der Waals surface area contributed by atoms with Crippen LogP contribution in [0.15, 0.2) is 0 Å². The summed E-state index contributed by atoms with van der Waals surface area (Å²) < 4.78 is 32.2. The van der Waals surface area contributed by atoms with Gasteiger partial charge in [-0.1, -0.05) is 0 Å². The van der Waals surface area contributed by atoms with E-state index in [9.17, 15) is 8.42 Å². The molecule has 1 heterocycles. The van der Waals surface area contributed by atoms with Gasteiger partial charge in [-0.2, -0.15) is 4.31 Å². The van der Waals surface area contributed by atoms with Crippen molar-refractivity contribution in [2.45, 2.75) is 56.9 Å². The molecule has 1 aliphatic heterocycles. The molecule has 19 heavy (non-hydrogen) atoms. The molecule has 2 aliphatic rings. The minimum atomic E-state index is -3.19. The summed E-state index contributed by atoms with van der Waals surface area (Å²) in [5, 5.41) is 2.95. The minimum absolute atomic E-state index is 0.0668. The summed E-state index contributed by atoms with van der Waals surface area (Å²) in [6, 6.07) is 0.551. The lowest BCUT2D eigenvalue weighted by atomic mass is 10.1. The van der Waals surface area contributed by atoms with Crippen LogP contribution in [0.3, 0.4) is 0 Å². The van der Waals surface area contributed by atoms with E-state index in [1.165, 1.54) is 12.8 Å². The average Bonchev–Trinajstić information content (AvgIpc) is 3.20. The molecule has 2 atom stereocenters. The fourth-order valence-corrected chi connectivity index (χ4v) is 4.06. The normalized spacial score (nSPS) is 27.4. The average molecular weight is 290 g/mol. The van der Waals surface area contributed by atoms with Crippen molar-refractivity contribution >= 4 is 10.0 Å². The molecule has 0 aromatic rings. The Morgan fingerprint density at radius 1 is 1.37 bits per heavy atom. The summed E-state index contributed by atoms with van der Waals surface area (Å²) >= 11 is 0. The van der Waals surface area contributed by atoms with Crippen LogP contribution in [-0.2, 0) is 14.8 Å². The van der Waals surface area contributed by atoms with Gasteiger partial charge < -0.3 is 10.1 Å². The van der Waals surface area contributed by atoms with Gasteiger partial charge in [-0.3, -0.25) is 0 Å². The van der Waals surface area contributed by atoms with E-state index in [4.69, 9.17) is 4.74 Å². The summed E-state index contributed by atoms with van der Waals surface area (Å²) in [6.07, 6.45) is 4.30. The predicted molar refractivity (Wildman–Crippen MR) is 75.6 cm³/mol. The first-order valence-corrected chi connectivity index (χ1v) is 8.88. The first-order chi connectivity index (χ1) is 9.04. The van der Waals surface area contributed by atoms with E-state index in [2.05, 4.69) is 5.32 Å². The van der Waals surface area contributed by atoms with Gasteiger partial charge in [-0.25, -0.2) is 8.42 Å². The summed E-state index contributed by atoms with van der Waals surface area (Å²) in [6.45, 7) is 6.12. The number of hydrogen-bond donors (Lipinski definition) is 1. The highest BCUT2D eigenvalue weighted by molar-refractivity contribution is 7.89. The van der Waals surface area contributed by atoms with Crippen molar-refractivity contribution in [2.24, 2.45) is 0 Å². The molecule has 5 nitrogen and oxygen atoms in total. The zero-order valence-corrected chi connectivity index (χ0v) is 12.8. The highest BCUT2D eigenvalue weighted by atomic mass is 32.2. The van der Waals surface area contributed by atoms with Crippen LogP contribution in [0.1, 0.15) is 39.5 Å². The minimum Gasteiger partial charge on any atom is -0.377 e. The van der Waals surface area contributed by atoms with Gasteiger partial charge in [0.2, 0.25) is 10.0 Å². The third-order valence-corrected chi connectivity index (χ3v) is 6.12. The quantitative estimate of drug-likeness (QED) is 0.759. The smallest absolute Gasteiger partial charge is 0.218 e. The highest BCUT2D eigenvalue weighted by Gasteiger charge is 2.34. The molecule has 0 bridgehead atoms. The lowest BCUT2D eigenvalue weighted by molar-refractivity contribution is 0.0263. The number of nitrogens with zero attached hydrogens (tertiary/aromatic N) is 1. The molecule has 1 saturated heterocycles. The fourth-order valence-electron chi connectivity index (χ4n) is 2.49. The molecule has 1 saturated carbocycles. The molecule has 6 heteroatoms. The van der Waals surface area contributed by atoms with E-state index in [0.717, 1.165) is 12.8 Å². The summed E-state index contributed by atoms with van der Waals surface area (Å²) in [5.41, 5.74) is 0. The van der Waals surface area contributed by atoms with Crippen LogP contribution >= 0.6 is 0 Å². The second kappa shape index (κ2) is 6.52. The van der Waals surface area contributed by atoms with Gasteiger partial charge >= 0.3 is 0 Å². The van der Waals surface area contributed by atoms with Crippen LogP contribution in [-0.4, -0.2) is 56.4 Å². The molecule has 0 amide bonds. The maximum Gasteiger partial charge on any atom is 0.218 e. The van der Waals surface area contributed by atoms with Crippen LogP contribution < -0.4 is 5.32 Å². The zero-order chi connectivity index (χ0) is 13.9. The molecule has 0 spiro atoms. The second-order valence-corrected chi connectivity index (χ2v) is 7.97. The van der Waals surface area contributed by atoms with Crippen LogP contribution in [0.25, 0.3) is 0 Å². The Hall–Kier alpha value is -0.170. The largest absolute Gasteiger partial charge is 0.377 e. The number of hydrogen-bond acceptors (Lipinski definition) is 4. The topological polar surface area (TPSA) is 58.6 Å². The van der Waals surface area contributed by atoms with Crippen LogP contribution in [0.5, 0.6) is 0 Å². The lowest BCUT2D eigenvalue weighted by Gasteiger charge is -2.33. The van der Waals surface area contributed by atoms with Crippen LogP contribution in [0.4, 0.5) is 0 Å². The maximum atomic E-state index is 12.5. The van der Waals surface area contributed by atoms with Gasteiger partial charge in [0.25, 0.3) is 0 Å². The molecule has 0 aromatic carbocycles. The number of nitrogens with one attached hydrogen (secondary N) is 1. The first kappa shape index (κ1) is 15.2. The number of sulfonamides is 1. The molecule has 2 fully saturated rings. The van der Waals surface area contributed by atoms with Gasteiger partial charge in [-0.05, 0) is 39.5 Å². The highest BCUT2D eigenvalue weighted by Crippen LogP contribution is 2.21. The Morgan fingerprint density at radius 2 is 2.11 bits per heavy atom. The monoisotopic (exact) mass is 290 g/mol. The molecular formula is C13H26N2O3S. The molecule has 0 aromatic heterocycles. The Balaban J connectivity index is 1.89. The molecule has 112 valence electrons. The molecule has 1 aliphatic carbocycles. The van der Waals surface area contributed by atoms with Gasteiger partial charge in [-0.15, -0.1) is 0 Å². The SMILES string of the molecule is CCOC1CCCN(S(=O)(=O)C(C)CNC2CC2)C1. The standard InChI is InChI=1S/C13H26N2O3S/c1-3-18-13-5-4-8-15(10-13)19(16,17)11(2)9-14-12-6-7-12/h11-14H,3-10H2,1-2H3. The maximum absolute atomic E-state index is 12.5. The van der Waals surface area contributed by atoms with E-state index in [1.54, 1.807) is 11.2 Å². The number of rotatable bonds is 7. The van der Waals surface area contributed by atoms with E-state index in [1.807, 2.05) is 6.92 Å². The Morgan fingerprint density at radius 3 is 2.74 bits per heavy atom. The molecule has 1 N–H and O–H groups in total. The van der Waals surface area contributed by atoms with Crippen molar-refractivity contribution < 1.29 is 13.2 Å². The van der Waals surface area contributed by atoms with Crippen molar-refractivity contribution in [1.29, 1.82) is 0 Å². The van der Waals surface area contributed by atoms with Gasteiger partial charge in [0.05, 0.1) is 11.4 Å². The van der Waals surface area contributed by atoms with E-state index < -0.39 is 10.0 Å². The molecule has 0 radical (unpaired) electrons. The van der Waals surface area contributed by atoms with Crippen LogP contribution in [0.2, 0.25) is 0 Å². The third-order valence-electron chi connectivity index (χ3n) is 3.88. The lowest BCUT2D eigenvalue weighted by Crippen LogP contribution is -2.48. The predicted octanol–water partition coefficient (Wildman–Crippen LogP) is 0.958. The Kier molecular flexibility index (Phi) is 5.22. The van der Waals surface area contributed by atoms with Crippen molar-refractivity contribution in [3.63, 3.8) is 0 Å². The van der Waals surface area contributed by atoms with Crippen molar-refractivity contribution in [1.82, 2.24) is 9.62 Å². The van der Waals surface area contributed by atoms with Gasteiger partial charge in [0.1, 0.15) is 0 Å². The summed E-state index contributed by atoms with van der Waals surface area (Å²) in [7, 11) is -3.19. The molecule has 2 rings (SSSR count). The van der Waals surface area contributed by atoms with E-state index in [0.29, 0.717) is 32.3 Å². The van der Waals surface area contributed by atoms with Crippen LogP contribution in [0, 0.1) is 0 Å². The third kappa shape index (κ3) is 4.15. The summed E-state index contributed by atoms with van der Waals surface area (Å²) in [4.78, 5) is 0. The number of piperidine rings is 1. The zero-order valence-electron chi connectivity index (χ0n) is 12.0. The fraction of sp³-hybridized carbons (Fsp3) is 1.00. The molecule has 2 unspecified atom stereocenters. The van der Waals surface area contributed by atoms with E-state index >= 15 is 0 Å². The summed E-state index contributed by atoms with van der Waals surface area (Å²) in [5.74, 6) is 0. The Labute approximate surface area is 116 Å². The van der Waals surface area contributed by atoms with Gasteiger partial charge in [0, 0.05) is 32.3 Å². The molecular weight excluding hydrogens is 264 g/mol.